The van der Waals surface area contributed by atoms with Gasteiger partial charge in [-0.2, -0.15) is 0 Å². The molecule has 0 aromatic heterocycles. The van der Waals surface area contributed by atoms with Crippen LogP contribution in [0.25, 0.3) is 6.08 Å². The molecule has 1 aliphatic carbocycles. The van der Waals surface area contributed by atoms with E-state index in [1.807, 2.05) is 62.4 Å². The second-order valence-electron chi connectivity index (χ2n) is 10.8. The first-order chi connectivity index (χ1) is 18.9. The molecule has 39 heavy (non-hydrogen) atoms. The van der Waals surface area contributed by atoms with E-state index in [-0.39, 0.29) is 29.8 Å². The van der Waals surface area contributed by atoms with Gasteiger partial charge in [-0.3, -0.25) is 14.5 Å². The van der Waals surface area contributed by atoms with E-state index in [1.165, 1.54) is 4.90 Å². The highest BCUT2D eigenvalue weighted by Crippen LogP contribution is 2.50. The average molecular weight is 529 g/mol. The Balaban J connectivity index is 1.45. The predicted molar refractivity (Wildman–Crippen MR) is 150 cm³/mol. The van der Waals surface area contributed by atoms with Crippen molar-refractivity contribution in [2.75, 3.05) is 13.2 Å². The van der Waals surface area contributed by atoms with Crippen LogP contribution in [0.1, 0.15) is 45.1 Å². The number of fused-ring (bicyclic) bond motifs is 3. The number of carbonyl (C=O) groups excluding carboxylic acids is 2. The zero-order valence-electron chi connectivity index (χ0n) is 22.6. The van der Waals surface area contributed by atoms with E-state index in [2.05, 4.69) is 0 Å². The Labute approximate surface area is 230 Å². The molecule has 2 fully saturated rings. The van der Waals surface area contributed by atoms with Gasteiger partial charge < -0.3 is 19.5 Å². The number of carbonyl (C=O) groups is 2. The number of para-hydroxylation sites is 2. The van der Waals surface area contributed by atoms with Gasteiger partial charge in [0, 0.05) is 12.1 Å². The van der Waals surface area contributed by atoms with Crippen molar-refractivity contribution in [3.63, 3.8) is 0 Å². The minimum atomic E-state index is -1.01. The van der Waals surface area contributed by atoms with E-state index in [0.717, 1.165) is 28.0 Å². The van der Waals surface area contributed by atoms with Crippen LogP contribution in [0, 0.1) is 17.8 Å². The predicted octanol–water partition coefficient (Wildman–Crippen LogP) is 4.86. The molecule has 4 atom stereocenters. The zero-order valence-corrected chi connectivity index (χ0v) is 22.6. The number of phenols is 1. The van der Waals surface area contributed by atoms with Gasteiger partial charge in [0.1, 0.15) is 18.1 Å². The number of allylic oxidation sites excluding steroid dienone is 1. The molecule has 3 aliphatic rings. The van der Waals surface area contributed by atoms with Crippen molar-refractivity contribution in [3.05, 3.63) is 76.9 Å². The lowest BCUT2D eigenvalue weighted by molar-refractivity contribution is -0.140. The third-order valence-electron chi connectivity index (χ3n) is 8.14. The van der Waals surface area contributed by atoms with Crippen molar-refractivity contribution < 1.29 is 29.1 Å². The molecule has 2 aromatic carbocycles. The fourth-order valence-electron chi connectivity index (χ4n) is 6.40. The molecule has 2 saturated heterocycles. The molecule has 2 N–H and O–H groups in total. The van der Waals surface area contributed by atoms with Crippen LogP contribution in [0.15, 0.2) is 71.3 Å². The first-order valence-corrected chi connectivity index (χ1v) is 13.9. The number of rotatable bonds is 9. The van der Waals surface area contributed by atoms with E-state index in [9.17, 15) is 19.7 Å². The van der Waals surface area contributed by atoms with Crippen LogP contribution in [0.2, 0.25) is 6.32 Å². The molecule has 5 rings (SSSR count). The average Bonchev–Trinajstić information content (AvgIpc) is 3.17. The molecule has 2 aromatic rings. The first-order valence-electron chi connectivity index (χ1n) is 13.9. The van der Waals surface area contributed by atoms with Crippen LogP contribution in [-0.4, -0.2) is 53.2 Å². The summed E-state index contributed by atoms with van der Waals surface area (Å²) in [6, 6.07) is 16.7. The van der Waals surface area contributed by atoms with Crippen molar-refractivity contribution in [2.24, 2.45) is 17.8 Å². The van der Waals surface area contributed by atoms with Crippen LogP contribution in [0.3, 0.4) is 0 Å². The fraction of sp³-hybridized carbons (Fsp3) is 0.419. The van der Waals surface area contributed by atoms with Crippen LogP contribution in [0.4, 0.5) is 0 Å². The molecule has 2 amide bonds. The van der Waals surface area contributed by atoms with Gasteiger partial charge in [-0.25, -0.2) is 0 Å². The number of likely N-dealkylation sites (tertiary alicyclic amines) is 1. The van der Waals surface area contributed by atoms with Crippen LogP contribution in [0.5, 0.6) is 11.5 Å². The zero-order chi connectivity index (χ0) is 27.5. The molecule has 2 aliphatic heterocycles. The maximum Gasteiger partial charge on any atom is 0.455 e. The molecule has 2 heterocycles. The molecule has 0 saturated carbocycles. The standard InChI is InChI=1S/C31H36BNO6/c1-3-15-33-30(35)24-17-22(19-38-23-10-5-4-6-11-23)28-25(29(24)31(33)36)18-32(37)39-27(28)14-13-20(2)16-21-9-7-8-12-26(21)34/h4-12,16,24-25,27,29,34,37H,3,13-15,17-19H2,1-2H3/b20-16+/t24-,25+,27-,29-/m1/s1. The van der Waals surface area contributed by atoms with Gasteiger partial charge in [-0.05, 0) is 74.2 Å². The lowest BCUT2D eigenvalue weighted by atomic mass is 9.58. The largest absolute Gasteiger partial charge is 0.507 e. The summed E-state index contributed by atoms with van der Waals surface area (Å²) in [5, 5.41) is 20.9. The number of hydrogen-bond donors (Lipinski definition) is 2. The summed E-state index contributed by atoms with van der Waals surface area (Å²) >= 11 is 0. The van der Waals surface area contributed by atoms with Crippen LogP contribution >= 0.6 is 0 Å². The molecular formula is C31H36BNO6. The Morgan fingerprint density at radius 1 is 1.10 bits per heavy atom. The summed E-state index contributed by atoms with van der Waals surface area (Å²) in [6.07, 6.45) is 4.29. The Morgan fingerprint density at radius 2 is 1.85 bits per heavy atom. The summed E-state index contributed by atoms with van der Waals surface area (Å²) in [6.45, 7) is 4.69. The Morgan fingerprint density at radius 3 is 2.59 bits per heavy atom. The summed E-state index contributed by atoms with van der Waals surface area (Å²) < 4.78 is 12.3. The second kappa shape index (κ2) is 11.8. The van der Waals surface area contributed by atoms with Gasteiger partial charge in [-0.1, -0.05) is 55.0 Å². The molecule has 0 radical (unpaired) electrons. The van der Waals surface area contributed by atoms with E-state index >= 15 is 0 Å². The lowest BCUT2D eigenvalue weighted by Gasteiger charge is -2.43. The third-order valence-corrected chi connectivity index (χ3v) is 8.14. The molecular weight excluding hydrogens is 493 g/mol. The van der Waals surface area contributed by atoms with E-state index in [0.29, 0.717) is 38.8 Å². The number of nitrogens with zero attached hydrogens (tertiary/aromatic N) is 1. The van der Waals surface area contributed by atoms with Crippen molar-refractivity contribution >= 4 is 25.0 Å². The number of amides is 2. The maximum absolute atomic E-state index is 13.5. The number of hydrogen-bond acceptors (Lipinski definition) is 6. The Hall–Kier alpha value is -3.36. The maximum atomic E-state index is 13.5. The number of aromatic hydroxyl groups is 1. The molecule has 0 bridgehead atoms. The quantitative estimate of drug-likeness (QED) is 0.274. The van der Waals surface area contributed by atoms with Crippen molar-refractivity contribution in [3.8, 4) is 11.5 Å². The topological polar surface area (TPSA) is 96.3 Å². The Kier molecular flexibility index (Phi) is 8.24. The first kappa shape index (κ1) is 27.2. The van der Waals surface area contributed by atoms with Gasteiger partial charge in [0.2, 0.25) is 11.8 Å². The molecule has 0 unspecified atom stereocenters. The van der Waals surface area contributed by atoms with Gasteiger partial charge in [0.05, 0.1) is 17.9 Å². The summed E-state index contributed by atoms with van der Waals surface area (Å²) in [5.41, 5.74) is 3.81. The minimum Gasteiger partial charge on any atom is -0.507 e. The minimum absolute atomic E-state index is 0.109. The van der Waals surface area contributed by atoms with Crippen molar-refractivity contribution in [1.29, 1.82) is 0 Å². The third kappa shape index (κ3) is 5.68. The number of phenolic OH excluding ortho intramolecular Hbond substituents is 1. The van der Waals surface area contributed by atoms with E-state index < -0.39 is 25.1 Å². The monoisotopic (exact) mass is 529 g/mol. The highest BCUT2D eigenvalue weighted by Gasteiger charge is 2.57. The number of ether oxygens (including phenoxy) is 1. The van der Waals surface area contributed by atoms with E-state index in [4.69, 9.17) is 9.39 Å². The van der Waals surface area contributed by atoms with Gasteiger partial charge in [-0.15, -0.1) is 0 Å². The SMILES string of the molecule is CCCN1C(=O)[C@@H]2[C@@H](CC(COc3ccccc3)=C3[C@@H](CC/C(C)=C/c4ccccc4O)OB(O)C[C@@H]32)C1=O. The summed E-state index contributed by atoms with van der Waals surface area (Å²) in [5.74, 6) is -0.445. The Bertz CT molecular complexity index is 1270. The normalized spacial score (nSPS) is 25.2. The molecule has 8 heteroatoms. The van der Waals surface area contributed by atoms with Crippen LogP contribution < -0.4 is 4.74 Å². The van der Waals surface area contributed by atoms with Gasteiger partial charge >= 0.3 is 7.12 Å². The molecule has 7 nitrogen and oxygen atoms in total. The number of imide groups is 1. The molecule has 0 spiro atoms. The summed E-state index contributed by atoms with van der Waals surface area (Å²) in [4.78, 5) is 28.2. The molecule has 204 valence electrons. The second-order valence-corrected chi connectivity index (χ2v) is 10.8. The fourth-order valence-corrected chi connectivity index (χ4v) is 6.40. The summed E-state index contributed by atoms with van der Waals surface area (Å²) in [7, 11) is -1.01. The van der Waals surface area contributed by atoms with Crippen LogP contribution in [-0.2, 0) is 14.2 Å². The van der Waals surface area contributed by atoms with Gasteiger partial charge in [0.25, 0.3) is 0 Å². The van der Waals surface area contributed by atoms with Gasteiger partial charge in [0.15, 0.2) is 0 Å². The highest BCUT2D eigenvalue weighted by molar-refractivity contribution is 6.43. The van der Waals surface area contributed by atoms with E-state index in [1.54, 1.807) is 12.1 Å². The lowest BCUT2D eigenvalue weighted by Crippen LogP contribution is -2.46. The van der Waals surface area contributed by atoms with Crippen molar-refractivity contribution in [1.82, 2.24) is 4.90 Å². The smallest absolute Gasteiger partial charge is 0.455 e. The number of benzene rings is 2. The van der Waals surface area contributed by atoms with Crippen molar-refractivity contribution in [2.45, 2.75) is 52.0 Å². The highest BCUT2D eigenvalue weighted by atomic mass is 16.5.